The Labute approximate surface area is 163 Å². The molecule has 0 radical (unpaired) electrons. The second kappa shape index (κ2) is 8.43. The Morgan fingerprint density at radius 2 is 1.00 bits per heavy atom. The van der Waals surface area contributed by atoms with Crippen LogP contribution in [0.15, 0.2) is 35.4 Å². The van der Waals surface area contributed by atoms with Crippen molar-refractivity contribution in [3.63, 3.8) is 0 Å². The SMILES string of the molecule is C[Si](C)(C)[C-]=C1Cc2ccccc2CC1=[C-][Si](C)(C)C.[Li+].[Li+]. The number of allylic oxidation sites excluding steroid dienone is 2. The molecule has 0 nitrogen and oxygen atoms in total. The van der Waals surface area contributed by atoms with E-state index in [4.69, 9.17) is 0 Å². The number of benzene rings is 1. The molecule has 0 aliphatic heterocycles. The topological polar surface area (TPSA) is 0 Å². The Kier molecular flexibility index (Phi) is 8.56. The summed E-state index contributed by atoms with van der Waals surface area (Å²) in [6.45, 7) is 14.2. The maximum Gasteiger partial charge on any atom is 1.00 e. The van der Waals surface area contributed by atoms with Crippen molar-refractivity contribution in [1.29, 1.82) is 0 Å². The molecule has 0 unspecified atom stereocenters. The molecule has 0 saturated carbocycles. The molecule has 108 valence electrons. The molecule has 0 amide bonds. The third kappa shape index (κ3) is 6.84. The third-order valence-electron chi connectivity index (χ3n) is 3.27. The molecule has 1 aliphatic carbocycles. The molecule has 2 rings (SSSR count). The van der Waals surface area contributed by atoms with E-state index in [1.54, 1.807) is 0 Å². The first-order chi connectivity index (χ1) is 9.14. The Bertz CT molecular complexity index is 510. The third-order valence-corrected chi connectivity index (χ3v) is 5.37. The van der Waals surface area contributed by atoms with Gasteiger partial charge in [0.2, 0.25) is 0 Å². The Morgan fingerprint density at radius 1 is 0.682 bits per heavy atom. The maximum atomic E-state index is 3.85. The molecule has 22 heavy (non-hydrogen) atoms. The summed E-state index contributed by atoms with van der Waals surface area (Å²) in [7, 11) is -2.63. The van der Waals surface area contributed by atoms with Gasteiger partial charge in [0.1, 0.15) is 0 Å². The Morgan fingerprint density at radius 3 is 1.27 bits per heavy atom. The van der Waals surface area contributed by atoms with E-state index in [2.05, 4.69) is 74.9 Å². The molecule has 0 fully saturated rings. The van der Waals surface area contributed by atoms with E-state index in [0.29, 0.717) is 0 Å². The summed E-state index contributed by atoms with van der Waals surface area (Å²) in [5, 5.41) is 0. The Hall–Kier alpha value is 0.329. The van der Waals surface area contributed by atoms with Crippen molar-refractivity contribution in [3.8, 4) is 0 Å². The predicted molar refractivity (Wildman–Crippen MR) is 94.1 cm³/mol. The molecule has 0 atom stereocenters. The van der Waals surface area contributed by atoms with Gasteiger partial charge in [-0.3, -0.25) is 0 Å². The van der Waals surface area contributed by atoms with Crippen LogP contribution in [0.1, 0.15) is 11.1 Å². The van der Waals surface area contributed by atoms with Gasteiger partial charge in [0, 0.05) is 0 Å². The van der Waals surface area contributed by atoms with Crippen LogP contribution < -0.4 is 37.7 Å². The summed E-state index contributed by atoms with van der Waals surface area (Å²) in [6.07, 6.45) is 2.10. The van der Waals surface area contributed by atoms with Crippen LogP contribution in [0.4, 0.5) is 0 Å². The van der Waals surface area contributed by atoms with Crippen LogP contribution >= 0.6 is 0 Å². The summed E-state index contributed by atoms with van der Waals surface area (Å²) in [5.41, 5.74) is 13.5. The average molecular weight is 312 g/mol. The summed E-state index contributed by atoms with van der Waals surface area (Å²) >= 11 is 0. The standard InChI is InChI=1S/C18H26Si2.2Li/c1-19(2,3)13-17-11-15-9-7-8-10-16(15)12-18(17)14-20(4,5)6;;/h7-10H,11-12H2,1-6H3;;/q-2;2*+1. The summed E-state index contributed by atoms with van der Waals surface area (Å²) in [6, 6.07) is 8.85. The van der Waals surface area contributed by atoms with Crippen LogP contribution in [0.25, 0.3) is 0 Å². The fourth-order valence-electron chi connectivity index (χ4n) is 2.64. The number of hydrogen-bond donors (Lipinski definition) is 0. The van der Waals surface area contributed by atoms with Crippen LogP contribution in [0, 0.1) is 11.4 Å². The predicted octanol–water partition coefficient (Wildman–Crippen LogP) is -0.993. The van der Waals surface area contributed by atoms with Crippen molar-refractivity contribution >= 4 is 16.1 Å². The monoisotopic (exact) mass is 312 g/mol. The molecule has 0 aromatic heterocycles. The van der Waals surface area contributed by atoms with Gasteiger partial charge in [-0.05, 0) is 16.1 Å². The Balaban J connectivity index is 0.00000220. The minimum atomic E-state index is -1.32. The van der Waals surface area contributed by atoms with Crippen molar-refractivity contribution < 1.29 is 37.7 Å². The van der Waals surface area contributed by atoms with Crippen LogP contribution in [0.2, 0.25) is 39.3 Å². The smallest absolute Gasteiger partial charge is 0.376 e. The van der Waals surface area contributed by atoms with E-state index < -0.39 is 16.1 Å². The minimum Gasteiger partial charge on any atom is -0.376 e. The molecular weight excluding hydrogens is 286 g/mol. The molecule has 0 spiro atoms. The largest absolute Gasteiger partial charge is 1.00 e. The van der Waals surface area contributed by atoms with Gasteiger partial charge in [-0.15, -0.1) is 12.8 Å². The molecule has 0 N–H and O–H groups in total. The fourth-order valence-corrected chi connectivity index (χ4v) is 4.93. The van der Waals surface area contributed by atoms with Gasteiger partial charge in [0.05, 0.1) is 0 Å². The summed E-state index contributed by atoms with van der Waals surface area (Å²) in [4.78, 5) is 0. The van der Waals surface area contributed by atoms with E-state index in [9.17, 15) is 0 Å². The zero-order valence-corrected chi connectivity index (χ0v) is 17.7. The van der Waals surface area contributed by atoms with Crippen LogP contribution in [-0.4, -0.2) is 16.1 Å². The molecule has 1 aromatic carbocycles. The number of fused-ring (bicyclic) bond motifs is 1. The first-order valence-corrected chi connectivity index (χ1v) is 14.5. The van der Waals surface area contributed by atoms with Crippen LogP contribution in [0.5, 0.6) is 0 Å². The van der Waals surface area contributed by atoms with Gasteiger partial charge < -0.3 is 22.5 Å². The van der Waals surface area contributed by atoms with Crippen LogP contribution in [-0.2, 0) is 12.8 Å². The molecule has 1 aromatic rings. The van der Waals surface area contributed by atoms with E-state index in [1.165, 1.54) is 22.3 Å². The molecule has 1 aliphatic rings. The number of rotatable bonds is 2. The fraction of sp³-hybridized carbons (Fsp3) is 0.444. The number of hydrogen-bond acceptors (Lipinski definition) is 0. The minimum absolute atomic E-state index is 0. The van der Waals surface area contributed by atoms with Gasteiger partial charge in [-0.1, -0.05) is 74.7 Å². The second-order valence-corrected chi connectivity index (χ2v) is 17.3. The van der Waals surface area contributed by atoms with Crippen molar-refractivity contribution in [2.24, 2.45) is 0 Å². The molecule has 0 heterocycles. The van der Waals surface area contributed by atoms with E-state index in [1.807, 2.05) is 0 Å². The normalized spacial score (nSPS) is 18.5. The van der Waals surface area contributed by atoms with Gasteiger partial charge >= 0.3 is 37.7 Å². The van der Waals surface area contributed by atoms with E-state index in [-0.39, 0.29) is 37.7 Å². The first-order valence-electron chi connectivity index (χ1n) is 7.49. The maximum absolute atomic E-state index is 3.85. The second-order valence-electron chi connectivity index (χ2n) is 7.83. The van der Waals surface area contributed by atoms with Crippen molar-refractivity contribution in [1.82, 2.24) is 0 Å². The quantitative estimate of drug-likeness (QED) is 0.486. The van der Waals surface area contributed by atoms with E-state index >= 15 is 0 Å². The zero-order valence-electron chi connectivity index (χ0n) is 15.7. The average Bonchev–Trinajstić information content (AvgIpc) is 2.26. The first kappa shape index (κ1) is 22.3. The molecule has 0 saturated heterocycles. The molecule has 4 heteroatoms. The van der Waals surface area contributed by atoms with E-state index in [0.717, 1.165) is 12.8 Å². The molecular formula is C18H26Li2Si2. The van der Waals surface area contributed by atoms with Crippen molar-refractivity contribution in [2.75, 3.05) is 0 Å². The zero-order chi connectivity index (χ0) is 15.0. The summed E-state index contributed by atoms with van der Waals surface area (Å²) < 4.78 is 0. The van der Waals surface area contributed by atoms with Crippen molar-refractivity contribution in [3.05, 3.63) is 57.9 Å². The summed E-state index contributed by atoms with van der Waals surface area (Å²) in [5.74, 6) is 0. The van der Waals surface area contributed by atoms with Crippen molar-refractivity contribution in [2.45, 2.75) is 52.1 Å². The van der Waals surface area contributed by atoms with Gasteiger partial charge in [-0.25, -0.2) is 0 Å². The van der Waals surface area contributed by atoms with Gasteiger partial charge in [0.15, 0.2) is 0 Å². The van der Waals surface area contributed by atoms with Gasteiger partial charge in [0.25, 0.3) is 0 Å². The molecule has 0 bridgehead atoms. The van der Waals surface area contributed by atoms with Crippen LogP contribution in [0.3, 0.4) is 0 Å². The van der Waals surface area contributed by atoms with Gasteiger partial charge in [-0.2, -0.15) is 0 Å².